The van der Waals surface area contributed by atoms with Crippen LogP contribution in [-0.4, -0.2) is 0 Å². The first-order chi connectivity index (χ1) is 6.22. The predicted molar refractivity (Wildman–Crippen MR) is 51.1 cm³/mol. The third kappa shape index (κ3) is 1.22. The molecular formula is C11H12N2. The Morgan fingerprint density at radius 1 is 1.54 bits per heavy atom. The summed E-state index contributed by atoms with van der Waals surface area (Å²) in [6.07, 6.45) is 2.00. The van der Waals surface area contributed by atoms with Crippen LogP contribution in [0.15, 0.2) is 12.1 Å². The zero-order chi connectivity index (χ0) is 9.42. The standard InChI is InChI=1S/C11H12N2/c1-7-4-8-2-3-10(13)11(8)9(5-7)6-12/h4-5,10H,2-3,13H2,1H3/t10-/m0/s1. The summed E-state index contributed by atoms with van der Waals surface area (Å²) >= 11 is 0. The minimum Gasteiger partial charge on any atom is -0.324 e. The zero-order valence-electron chi connectivity index (χ0n) is 7.67. The highest BCUT2D eigenvalue weighted by Crippen LogP contribution is 2.32. The molecule has 2 N–H and O–H groups in total. The third-order valence-electron chi connectivity index (χ3n) is 2.63. The highest BCUT2D eigenvalue weighted by Gasteiger charge is 2.22. The fraction of sp³-hybridized carbons (Fsp3) is 0.364. The van der Waals surface area contributed by atoms with Gasteiger partial charge in [0.05, 0.1) is 11.6 Å². The molecule has 0 saturated heterocycles. The number of hydrogen-bond donors (Lipinski definition) is 1. The zero-order valence-corrected chi connectivity index (χ0v) is 7.67. The smallest absolute Gasteiger partial charge is 0.0995 e. The lowest BCUT2D eigenvalue weighted by Crippen LogP contribution is -2.07. The van der Waals surface area contributed by atoms with Gasteiger partial charge in [-0.3, -0.25) is 0 Å². The van der Waals surface area contributed by atoms with E-state index in [0.717, 1.165) is 29.5 Å². The van der Waals surface area contributed by atoms with E-state index in [-0.39, 0.29) is 6.04 Å². The van der Waals surface area contributed by atoms with E-state index in [1.807, 2.05) is 13.0 Å². The molecule has 66 valence electrons. The van der Waals surface area contributed by atoms with Crippen LogP contribution < -0.4 is 5.73 Å². The van der Waals surface area contributed by atoms with E-state index in [0.29, 0.717) is 0 Å². The lowest BCUT2D eigenvalue weighted by molar-refractivity contribution is 0.712. The first-order valence-corrected chi connectivity index (χ1v) is 4.51. The van der Waals surface area contributed by atoms with Gasteiger partial charge >= 0.3 is 0 Å². The van der Waals surface area contributed by atoms with Crippen molar-refractivity contribution < 1.29 is 0 Å². The lowest BCUT2D eigenvalue weighted by atomic mass is 9.99. The minimum absolute atomic E-state index is 0.0743. The van der Waals surface area contributed by atoms with E-state index in [1.54, 1.807) is 0 Å². The summed E-state index contributed by atoms with van der Waals surface area (Å²) in [5, 5.41) is 8.94. The molecule has 2 nitrogen and oxygen atoms in total. The van der Waals surface area contributed by atoms with E-state index in [9.17, 15) is 0 Å². The molecule has 1 aliphatic carbocycles. The molecule has 0 bridgehead atoms. The summed E-state index contributed by atoms with van der Waals surface area (Å²) < 4.78 is 0. The van der Waals surface area contributed by atoms with Crippen molar-refractivity contribution in [3.8, 4) is 6.07 Å². The molecule has 1 aromatic carbocycles. The Bertz CT molecular complexity index is 388. The maximum Gasteiger partial charge on any atom is 0.0995 e. The van der Waals surface area contributed by atoms with E-state index in [2.05, 4.69) is 12.1 Å². The van der Waals surface area contributed by atoms with Crippen LogP contribution in [0.3, 0.4) is 0 Å². The van der Waals surface area contributed by atoms with E-state index >= 15 is 0 Å². The summed E-state index contributed by atoms with van der Waals surface area (Å²) in [5.74, 6) is 0. The van der Waals surface area contributed by atoms with Gasteiger partial charge in [0.25, 0.3) is 0 Å². The topological polar surface area (TPSA) is 49.8 Å². The van der Waals surface area contributed by atoms with E-state index in [4.69, 9.17) is 11.0 Å². The van der Waals surface area contributed by atoms with Crippen LogP contribution in [0.5, 0.6) is 0 Å². The summed E-state index contributed by atoms with van der Waals surface area (Å²) in [7, 11) is 0. The number of benzene rings is 1. The number of fused-ring (bicyclic) bond motifs is 1. The first-order valence-electron chi connectivity index (χ1n) is 4.51. The Morgan fingerprint density at radius 3 is 3.00 bits per heavy atom. The van der Waals surface area contributed by atoms with Crippen LogP contribution >= 0.6 is 0 Å². The Hall–Kier alpha value is -1.33. The lowest BCUT2D eigenvalue weighted by Gasteiger charge is -2.07. The van der Waals surface area contributed by atoms with Gasteiger partial charge in [-0.2, -0.15) is 5.26 Å². The molecule has 0 saturated carbocycles. The largest absolute Gasteiger partial charge is 0.324 e. The predicted octanol–water partition coefficient (Wildman–Crippen LogP) is 1.81. The van der Waals surface area contributed by atoms with Gasteiger partial charge in [0.1, 0.15) is 0 Å². The van der Waals surface area contributed by atoms with Crippen molar-refractivity contribution in [1.29, 1.82) is 5.26 Å². The SMILES string of the molecule is Cc1cc(C#N)c2c(c1)CC[C@@H]2N. The summed E-state index contributed by atoms with van der Waals surface area (Å²) in [6.45, 7) is 2.02. The van der Waals surface area contributed by atoms with Gasteiger partial charge in [-0.15, -0.1) is 0 Å². The molecule has 1 atom stereocenters. The fourth-order valence-electron chi connectivity index (χ4n) is 2.07. The molecule has 1 aliphatic rings. The van der Waals surface area contributed by atoms with E-state index < -0.39 is 0 Å². The Balaban J connectivity index is 2.66. The average molecular weight is 172 g/mol. The molecule has 2 heteroatoms. The maximum atomic E-state index is 8.94. The number of aryl methyl sites for hydroxylation is 2. The van der Waals surface area contributed by atoms with Gasteiger partial charge in [0, 0.05) is 6.04 Å². The molecule has 0 aliphatic heterocycles. The van der Waals surface area contributed by atoms with Crippen LogP contribution in [-0.2, 0) is 6.42 Å². The number of rotatable bonds is 0. The molecule has 0 fully saturated rings. The Morgan fingerprint density at radius 2 is 2.31 bits per heavy atom. The first kappa shape index (κ1) is 8.28. The number of nitrogens with two attached hydrogens (primary N) is 1. The van der Waals surface area contributed by atoms with Crippen LogP contribution in [0.2, 0.25) is 0 Å². The van der Waals surface area contributed by atoms with Gasteiger partial charge in [-0.1, -0.05) is 6.07 Å². The van der Waals surface area contributed by atoms with Gasteiger partial charge in [0.2, 0.25) is 0 Å². The average Bonchev–Trinajstić information content (AvgIpc) is 2.46. The van der Waals surface area contributed by atoms with Gasteiger partial charge in [-0.05, 0) is 42.5 Å². The van der Waals surface area contributed by atoms with Crippen molar-refractivity contribution in [2.24, 2.45) is 5.73 Å². The van der Waals surface area contributed by atoms with Gasteiger partial charge < -0.3 is 5.73 Å². The normalized spacial score (nSPS) is 19.6. The highest BCUT2D eigenvalue weighted by atomic mass is 14.6. The van der Waals surface area contributed by atoms with Gasteiger partial charge in [-0.25, -0.2) is 0 Å². The second-order valence-corrected chi connectivity index (χ2v) is 3.64. The number of nitrogens with zero attached hydrogens (tertiary/aromatic N) is 1. The van der Waals surface area contributed by atoms with Crippen molar-refractivity contribution in [2.45, 2.75) is 25.8 Å². The summed E-state index contributed by atoms with van der Waals surface area (Å²) in [5.41, 5.74) is 10.2. The van der Waals surface area contributed by atoms with Crippen LogP contribution in [0.1, 0.15) is 34.7 Å². The molecule has 0 unspecified atom stereocenters. The van der Waals surface area contributed by atoms with Crippen LogP contribution in [0.4, 0.5) is 0 Å². The molecule has 0 radical (unpaired) electrons. The van der Waals surface area contributed by atoms with Crippen molar-refractivity contribution in [2.75, 3.05) is 0 Å². The monoisotopic (exact) mass is 172 g/mol. The Kier molecular flexibility index (Phi) is 1.82. The molecule has 13 heavy (non-hydrogen) atoms. The van der Waals surface area contributed by atoms with Crippen LogP contribution in [0, 0.1) is 18.3 Å². The second-order valence-electron chi connectivity index (χ2n) is 3.64. The van der Waals surface area contributed by atoms with Crippen molar-refractivity contribution in [3.63, 3.8) is 0 Å². The molecule has 0 spiro atoms. The van der Waals surface area contributed by atoms with Crippen LogP contribution in [0.25, 0.3) is 0 Å². The second kappa shape index (κ2) is 2.86. The number of nitriles is 1. The summed E-state index contributed by atoms with van der Waals surface area (Å²) in [6, 6.07) is 6.36. The third-order valence-corrected chi connectivity index (χ3v) is 2.63. The molecule has 0 aromatic heterocycles. The van der Waals surface area contributed by atoms with E-state index in [1.165, 1.54) is 5.56 Å². The number of hydrogen-bond acceptors (Lipinski definition) is 2. The van der Waals surface area contributed by atoms with Crippen molar-refractivity contribution in [1.82, 2.24) is 0 Å². The Labute approximate surface area is 78.0 Å². The molecule has 2 rings (SSSR count). The molecular weight excluding hydrogens is 160 g/mol. The van der Waals surface area contributed by atoms with Crippen molar-refractivity contribution >= 4 is 0 Å². The molecule has 1 aromatic rings. The molecule has 0 heterocycles. The minimum atomic E-state index is 0.0743. The van der Waals surface area contributed by atoms with Gasteiger partial charge in [0.15, 0.2) is 0 Å². The summed E-state index contributed by atoms with van der Waals surface area (Å²) in [4.78, 5) is 0. The highest BCUT2D eigenvalue weighted by molar-refractivity contribution is 5.49. The maximum absolute atomic E-state index is 8.94. The fourth-order valence-corrected chi connectivity index (χ4v) is 2.07. The quantitative estimate of drug-likeness (QED) is 0.648. The van der Waals surface area contributed by atoms with Crippen molar-refractivity contribution in [3.05, 3.63) is 34.4 Å². The molecule has 0 amide bonds.